The third kappa shape index (κ3) is 5.37. The van der Waals surface area contributed by atoms with Gasteiger partial charge in [0.2, 0.25) is 0 Å². The average Bonchev–Trinajstić information content (AvgIpc) is 3.19. The van der Waals surface area contributed by atoms with Gasteiger partial charge in [0.1, 0.15) is 11.2 Å². The van der Waals surface area contributed by atoms with Gasteiger partial charge in [0.05, 0.1) is 18.6 Å². The number of pyridine rings is 1. The number of carbonyl (C=O) groups is 3. The minimum absolute atomic E-state index is 0.0409. The van der Waals surface area contributed by atoms with E-state index in [4.69, 9.17) is 9.47 Å². The lowest BCUT2D eigenvalue weighted by atomic mass is 10.1. The second kappa shape index (κ2) is 9.69. The highest BCUT2D eigenvalue weighted by atomic mass is 16.6. The number of carbonyl (C=O) groups excluding carboxylic acids is 3. The molecule has 0 fully saturated rings. The van der Waals surface area contributed by atoms with Crippen molar-refractivity contribution < 1.29 is 28.8 Å². The van der Waals surface area contributed by atoms with E-state index in [-0.39, 0.29) is 17.8 Å². The smallest absolute Gasteiger partial charge is 0.418 e. The maximum Gasteiger partial charge on any atom is 0.418 e. The highest BCUT2D eigenvalue weighted by Gasteiger charge is 2.39. The quantitative estimate of drug-likeness (QED) is 0.304. The third-order valence-corrected chi connectivity index (χ3v) is 4.81. The van der Waals surface area contributed by atoms with Gasteiger partial charge in [0.15, 0.2) is 6.04 Å². The van der Waals surface area contributed by atoms with Crippen molar-refractivity contribution in [3.8, 4) is 0 Å². The Labute approximate surface area is 195 Å². The molecule has 1 atom stereocenters. The number of esters is 1. The van der Waals surface area contributed by atoms with E-state index in [0.717, 1.165) is 24.6 Å². The number of ether oxygens (including phenoxy) is 2. The Kier molecular flexibility index (Phi) is 6.94. The molecule has 0 saturated carbocycles. The summed E-state index contributed by atoms with van der Waals surface area (Å²) in [5, 5.41) is 11.8. The van der Waals surface area contributed by atoms with Crippen LogP contribution in [0, 0.1) is 10.1 Å². The van der Waals surface area contributed by atoms with Crippen molar-refractivity contribution in [3.05, 3.63) is 70.5 Å². The number of hydrogen-bond acceptors (Lipinski definition) is 8. The molecule has 34 heavy (non-hydrogen) atoms. The van der Waals surface area contributed by atoms with Gasteiger partial charge < -0.3 is 14.0 Å². The van der Waals surface area contributed by atoms with E-state index in [1.54, 1.807) is 49.9 Å². The molecule has 2 heterocycles. The Morgan fingerprint density at radius 1 is 1.15 bits per heavy atom. The van der Waals surface area contributed by atoms with Crippen molar-refractivity contribution >= 4 is 34.7 Å². The van der Waals surface area contributed by atoms with Gasteiger partial charge in [-0.05, 0) is 51.1 Å². The summed E-state index contributed by atoms with van der Waals surface area (Å²) in [6.07, 6.45) is 2.20. The van der Waals surface area contributed by atoms with Gasteiger partial charge in [-0.2, -0.15) is 0 Å². The van der Waals surface area contributed by atoms with Gasteiger partial charge in [-0.3, -0.25) is 14.9 Å². The predicted molar refractivity (Wildman–Crippen MR) is 121 cm³/mol. The lowest BCUT2D eigenvalue weighted by Gasteiger charge is -2.31. The number of benzene rings is 1. The van der Waals surface area contributed by atoms with Crippen molar-refractivity contribution in [2.24, 2.45) is 0 Å². The van der Waals surface area contributed by atoms with Gasteiger partial charge in [-0.15, -0.1) is 0 Å². The zero-order valence-electron chi connectivity index (χ0n) is 19.1. The van der Waals surface area contributed by atoms with Crippen LogP contribution in [-0.4, -0.2) is 56.1 Å². The van der Waals surface area contributed by atoms with Gasteiger partial charge in [0.25, 0.3) is 11.6 Å². The molecule has 1 unspecified atom stereocenters. The standard InChI is InChI=1S/C23H24N4O7/c1-23(2,3)34-22(30)26(20(28)16-7-9-17(10-8-16)27(31)32)18(21(29)33-4)14-25-13-11-15-6-5-12-24-19(15)25/h5-13,18H,14H2,1-4H3. The van der Waals surface area contributed by atoms with Gasteiger partial charge >= 0.3 is 12.1 Å². The van der Waals surface area contributed by atoms with Crippen LogP contribution in [0.25, 0.3) is 11.0 Å². The number of amides is 2. The number of fused-ring (bicyclic) bond motifs is 1. The Balaban J connectivity index is 2.06. The number of hydrogen-bond donors (Lipinski definition) is 0. The Morgan fingerprint density at radius 3 is 2.41 bits per heavy atom. The average molecular weight is 468 g/mol. The molecule has 0 spiro atoms. The normalized spacial score (nSPS) is 12.1. The molecule has 0 saturated heterocycles. The maximum absolute atomic E-state index is 13.4. The van der Waals surface area contributed by atoms with Crippen LogP contribution in [0.15, 0.2) is 54.9 Å². The van der Waals surface area contributed by atoms with Crippen molar-refractivity contribution in [2.45, 2.75) is 39.0 Å². The van der Waals surface area contributed by atoms with Crippen LogP contribution in [0.3, 0.4) is 0 Å². The number of nitro groups is 1. The van der Waals surface area contributed by atoms with Crippen LogP contribution in [0.5, 0.6) is 0 Å². The number of imide groups is 1. The molecule has 178 valence electrons. The molecular formula is C23H24N4O7. The first kappa shape index (κ1) is 24.4. The summed E-state index contributed by atoms with van der Waals surface area (Å²) in [6.45, 7) is 4.72. The first-order valence-corrected chi connectivity index (χ1v) is 10.3. The van der Waals surface area contributed by atoms with Gasteiger partial charge in [-0.25, -0.2) is 19.5 Å². The van der Waals surface area contributed by atoms with Crippen LogP contribution >= 0.6 is 0 Å². The fraction of sp³-hybridized carbons (Fsp3) is 0.304. The molecule has 0 N–H and O–H groups in total. The van der Waals surface area contributed by atoms with E-state index in [1.165, 1.54) is 12.1 Å². The van der Waals surface area contributed by atoms with Crippen molar-refractivity contribution in [3.63, 3.8) is 0 Å². The predicted octanol–water partition coefficient (Wildman–Crippen LogP) is 3.56. The fourth-order valence-corrected chi connectivity index (χ4v) is 3.28. The van der Waals surface area contributed by atoms with Crippen molar-refractivity contribution in [1.29, 1.82) is 0 Å². The lowest BCUT2D eigenvalue weighted by Crippen LogP contribution is -2.52. The topological polar surface area (TPSA) is 134 Å². The summed E-state index contributed by atoms with van der Waals surface area (Å²) in [7, 11) is 1.14. The zero-order chi connectivity index (χ0) is 25.0. The van der Waals surface area contributed by atoms with E-state index >= 15 is 0 Å². The molecule has 2 amide bonds. The second-order valence-corrected chi connectivity index (χ2v) is 8.38. The minimum Gasteiger partial charge on any atom is -0.467 e. The Bertz CT molecular complexity index is 1230. The highest BCUT2D eigenvalue weighted by molar-refractivity contribution is 6.05. The summed E-state index contributed by atoms with van der Waals surface area (Å²) < 4.78 is 11.9. The summed E-state index contributed by atoms with van der Waals surface area (Å²) in [5.41, 5.74) is -0.688. The Hall–Kier alpha value is -4.28. The van der Waals surface area contributed by atoms with Crippen molar-refractivity contribution in [2.75, 3.05) is 7.11 Å². The molecule has 0 aliphatic heterocycles. The van der Waals surface area contributed by atoms with Crippen LogP contribution in [0.4, 0.5) is 10.5 Å². The molecule has 1 aromatic carbocycles. The number of aromatic nitrogens is 2. The van der Waals surface area contributed by atoms with Crippen LogP contribution in [-0.2, 0) is 20.8 Å². The van der Waals surface area contributed by atoms with Crippen LogP contribution in [0.1, 0.15) is 31.1 Å². The summed E-state index contributed by atoms with van der Waals surface area (Å²) in [4.78, 5) is 54.7. The molecule has 0 aliphatic rings. The molecule has 2 aromatic heterocycles. The number of nitro benzene ring substituents is 1. The lowest BCUT2D eigenvalue weighted by molar-refractivity contribution is -0.384. The van der Waals surface area contributed by atoms with Gasteiger partial charge in [0, 0.05) is 35.5 Å². The molecule has 3 rings (SSSR count). The highest BCUT2D eigenvalue weighted by Crippen LogP contribution is 2.21. The SMILES string of the molecule is COC(=O)C(Cn1ccc2cccnc21)N(C(=O)OC(C)(C)C)C(=O)c1ccc([N+](=O)[O-])cc1. The number of nitrogens with zero attached hydrogens (tertiary/aromatic N) is 4. The Morgan fingerprint density at radius 2 is 1.82 bits per heavy atom. The first-order valence-electron chi connectivity index (χ1n) is 10.3. The van der Waals surface area contributed by atoms with E-state index in [0.29, 0.717) is 10.5 Å². The van der Waals surface area contributed by atoms with E-state index < -0.39 is 34.5 Å². The molecule has 11 nitrogen and oxygen atoms in total. The van der Waals surface area contributed by atoms with Crippen LogP contribution < -0.4 is 0 Å². The molecule has 0 bridgehead atoms. The molecule has 0 aliphatic carbocycles. The maximum atomic E-state index is 13.4. The molecule has 3 aromatic rings. The van der Waals surface area contributed by atoms with E-state index in [9.17, 15) is 24.5 Å². The first-order chi connectivity index (χ1) is 16.0. The zero-order valence-corrected chi connectivity index (χ0v) is 19.1. The van der Waals surface area contributed by atoms with Gasteiger partial charge in [-0.1, -0.05) is 0 Å². The van der Waals surface area contributed by atoms with Crippen molar-refractivity contribution in [1.82, 2.24) is 14.5 Å². The second-order valence-electron chi connectivity index (χ2n) is 8.38. The summed E-state index contributed by atoms with van der Waals surface area (Å²) >= 11 is 0. The largest absolute Gasteiger partial charge is 0.467 e. The fourth-order valence-electron chi connectivity index (χ4n) is 3.28. The van der Waals surface area contributed by atoms with E-state index in [2.05, 4.69) is 4.98 Å². The van der Waals surface area contributed by atoms with E-state index in [1.807, 2.05) is 6.07 Å². The number of methoxy groups -OCH3 is 1. The molecule has 11 heteroatoms. The number of rotatable bonds is 6. The van der Waals surface area contributed by atoms with Crippen LogP contribution in [0.2, 0.25) is 0 Å². The summed E-state index contributed by atoms with van der Waals surface area (Å²) in [5.74, 6) is -1.72. The third-order valence-electron chi connectivity index (χ3n) is 4.81. The molecule has 0 radical (unpaired) electrons. The minimum atomic E-state index is -1.40. The monoisotopic (exact) mass is 468 g/mol. The summed E-state index contributed by atoms with van der Waals surface area (Å²) in [6, 6.07) is 8.66. The number of non-ortho nitro benzene ring substituents is 1. The molecular weight excluding hydrogens is 444 g/mol.